The Hall–Kier alpha value is -1.07. The molecule has 1 aliphatic rings. The molecular formula is C9H15N3O2. The van der Waals surface area contributed by atoms with Gasteiger partial charge in [-0.15, -0.1) is 0 Å². The van der Waals surface area contributed by atoms with Crippen molar-refractivity contribution in [1.29, 1.82) is 0 Å². The molecule has 0 atom stereocenters. The molecule has 2 rings (SSSR count). The summed E-state index contributed by atoms with van der Waals surface area (Å²) >= 11 is 0. The quantitative estimate of drug-likeness (QED) is 0.737. The van der Waals surface area contributed by atoms with E-state index in [9.17, 15) is 0 Å². The zero-order valence-corrected chi connectivity index (χ0v) is 8.32. The third-order valence-electron chi connectivity index (χ3n) is 2.42. The van der Waals surface area contributed by atoms with Gasteiger partial charge in [-0.05, 0) is 6.92 Å². The first kappa shape index (κ1) is 9.48. The molecule has 2 N–H and O–H groups in total. The molecule has 1 aromatic heterocycles. The van der Waals surface area contributed by atoms with E-state index in [1.165, 1.54) is 0 Å². The Kier molecular flexibility index (Phi) is 2.69. The molecule has 0 amide bonds. The van der Waals surface area contributed by atoms with Gasteiger partial charge in [0.2, 0.25) is 0 Å². The third-order valence-corrected chi connectivity index (χ3v) is 2.42. The highest BCUT2D eigenvalue weighted by molar-refractivity contribution is 5.53. The highest BCUT2D eigenvalue weighted by atomic mass is 16.5. The second-order valence-electron chi connectivity index (χ2n) is 3.34. The fourth-order valence-corrected chi connectivity index (χ4v) is 1.74. The molecule has 0 bridgehead atoms. The van der Waals surface area contributed by atoms with Gasteiger partial charge in [-0.3, -0.25) is 0 Å². The van der Waals surface area contributed by atoms with Crippen LogP contribution in [0.3, 0.4) is 0 Å². The monoisotopic (exact) mass is 197 g/mol. The predicted molar refractivity (Wildman–Crippen MR) is 52.2 cm³/mol. The average Bonchev–Trinajstić information content (AvgIpc) is 2.61. The molecule has 78 valence electrons. The van der Waals surface area contributed by atoms with Crippen molar-refractivity contribution in [2.24, 2.45) is 5.73 Å². The van der Waals surface area contributed by atoms with Crippen molar-refractivity contribution in [3.8, 4) is 0 Å². The second kappa shape index (κ2) is 3.98. The Morgan fingerprint density at radius 3 is 2.79 bits per heavy atom. The van der Waals surface area contributed by atoms with Crippen molar-refractivity contribution < 1.29 is 9.26 Å². The minimum Gasteiger partial charge on any atom is -0.378 e. The fraction of sp³-hybridized carbons (Fsp3) is 0.667. The average molecular weight is 197 g/mol. The number of hydrogen-bond donors (Lipinski definition) is 1. The Bertz CT molecular complexity index is 305. The molecule has 5 nitrogen and oxygen atoms in total. The molecule has 1 fully saturated rings. The first-order valence-electron chi connectivity index (χ1n) is 4.81. The van der Waals surface area contributed by atoms with Crippen LogP contribution in [0.15, 0.2) is 4.52 Å². The van der Waals surface area contributed by atoms with E-state index < -0.39 is 0 Å². The van der Waals surface area contributed by atoms with Crippen molar-refractivity contribution >= 4 is 5.69 Å². The molecule has 0 aliphatic carbocycles. The lowest BCUT2D eigenvalue weighted by molar-refractivity contribution is 0.122. The maximum atomic E-state index is 5.59. The standard InChI is InChI=1S/C9H15N3O2/c1-7-9(8(6-10)11-14-7)12-2-4-13-5-3-12/h2-6,10H2,1H3. The van der Waals surface area contributed by atoms with Gasteiger partial charge in [-0.25, -0.2) is 0 Å². The van der Waals surface area contributed by atoms with Gasteiger partial charge in [0, 0.05) is 19.6 Å². The topological polar surface area (TPSA) is 64.5 Å². The first-order valence-corrected chi connectivity index (χ1v) is 4.81. The summed E-state index contributed by atoms with van der Waals surface area (Å²) in [4.78, 5) is 2.22. The Morgan fingerprint density at radius 1 is 1.43 bits per heavy atom. The molecule has 0 spiro atoms. The minimum absolute atomic E-state index is 0.421. The largest absolute Gasteiger partial charge is 0.378 e. The predicted octanol–water partition coefficient (Wildman–Crippen LogP) is 0.278. The normalized spacial score (nSPS) is 17.4. The minimum atomic E-state index is 0.421. The van der Waals surface area contributed by atoms with Crippen LogP contribution in [-0.2, 0) is 11.3 Å². The molecule has 2 heterocycles. The summed E-state index contributed by atoms with van der Waals surface area (Å²) < 4.78 is 10.4. The first-order chi connectivity index (χ1) is 6.83. The number of aryl methyl sites for hydroxylation is 1. The van der Waals surface area contributed by atoms with Crippen LogP contribution in [0.4, 0.5) is 5.69 Å². The van der Waals surface area contributed by atoms with Crippen LogP contribution in [0.25, 0.3) is 0 Å². The highest BCUT2D eigenvalue weighted by Gasteiger charge is 2.20. The number of hydrogen-bond acceptors (Lipinski definition) is 5. The summed E-state index contributed by atoms with van der Waals surface area (Å²) in [6.07, 6.45) is 0. The van der Waals surface area contributed by atoms with Gasteiger partial charge in [0.15, 0.2) is 5.76 Å². The van der Waals surface area contributed by atoms with Crippen LogP contribution in [0.5, 0.6) is 0 Å². The van der Waals surface area contributed by atoms with Crippen molar-refractivity contribution in [3.05, 3.63) is 11.5 Å². The molecule has 1 saturated heterocycles. The van der Waals surface area contributed by atoms with Gasteiger partial charge >= 0.3 is 0 Å². The molecular weight excluding hydrogens is 182 g/mol. The molecule has 1 aromatic rings. The number of ether oxygens (including phenoxy) is 1. The lowest BCUT2D eigenvalue weighted by Crippen LogP contribution is -2.37. The van der Waals surface area contributed by atoms with Gasteiger partial charge in [-0.2, -0.15) is 0 Å². The van der Waals surface area contributed by atoms with E-state index in [4.69, 9.17) is 15.0 Å². The highest BCUT2D eigenvalue weighted by Crippen LogP contribution is 2.24. The van der Waals surface area contributed by atoms with E-state index in [-0.39, 0.29) is 0 Å². The molecule has 1 aliphatic heterocycles. The van der Waals surface area contributed by atoms with Crippen LogP contribution in [0.2, 0.25) is 0 Å². The van der Waals surface area contributed by atoms with Crippen molar-refractivity contribution in [2.45, 2.75) is 13.5 Å². The van der Waals surface area contributed by atoms with Crippen molar-refractivity contribution in [1.82, 2.24) is 5.16 Å². The van der Waals surface area contributed by atoms with Gasteiger partial charge in [0.25, 0.3) is 0 Å². The van der Waals surface area contributed by atoms with Crippen LogP contribution < -0.4 is 10.6 Å². The second-order valence-corrected chi connectivity index (χ2v) is 3.34. The van der Waals surface area contributed by atoms with Gasteiger partial charge in [-0.1, -0.05) is 5.16 Å². The number of anilines is 1. The van der Waals surface area contributed by atoms with Crippen LogP contribution in [0, 0.1) is 6.92 Å². The number of nitrogens with two attached hydrogens (primary N) is 1. The summed E-state index contributed by atoms with van der Waals surface area (Å²) in [6.45, 7) is 5.62. The molecule has 14 heavy (non-hydrogen) atoms. The summed E-state index contributed by atoms with van der Waals surface area (Å²) in [5.41, 5.74) is 7.48. The zero-order chi connectivity index (χ0) is 9.97. The SMILES string of the molecule is Cc1onc(CN)c1N1CCOCC1. The van der Waals surface area contributed by atoms with E-state index in [2.05, 4.69) is 10.1 Å². The van der Waals surface area contributed by atoms with Gasteiger partial charge in [0.05, 0.1) is 13.2 Å². The summed E-state index contributed by atoms with van der Waals surface area (Å²) in [5.74, 6) is 0.840. The maximum Gasteiger partial charge on any atom is 0.157 e. The Morgan fingerprint density at radius 2 is 2.14 bits per heavy atom. The smallest absolute Gasteiger partial charge is 0.157 e. The molecule has 5 heteroatoms. The molecule has 0 radical (unpaired) electrons. The van der Waals surface area contributed by atoms with Gasteiger partial charge < -0.3 is 19.9 Å². The summed E-state index contributed by atoms with van der Waals surface area (Å²) in [5, 5.41) is 3.93. The van der Waals surface area contributed by atoms with Gasteiger partial charge in [0.1, 0.15) is 11.4 Å². The zero-order valence-electron chi connectivity index (χ0n) is 8.32. The van der Waals surface area contributed by atoms with E-state index in [0.29, 0.717) is 6.54 Å². The summed E-state index contributed by atoms with van der Waals surface area (Å²) in [6, 6.07) is 0. The third kappa shape index (κ3) is 1.60. The lowest BCUT2D eigenvalue weighted by atomic mass is 10.2. The van der Waals surface area contributed by atoms with Crippen molar-refractivity contribution in [3.63, 3.8) is 0 Å². The van der Waals surface area contributed by atoms with E-state index in [1.54, 1.807) is 0 Å². The number of rotatable bonds is 2. The number of morpholine rings is 1. The molecule has 0 unspecified atom stereocenters. The Balaban J connectivity index is 2.23. The molecule has 0 aromatic carbocycles. The maximum absolute atomic E-state index is 5.59. The van der Waals surface area contributed by atoms with E-state index >= 15 is 0 Å². The fourth-order valence-electron chi connectivity index (χ4n) is 1.74. The van der Waals surface area contributed by atoms with Crippen LogP contribution >= 0.6 is 0 Å². The lowest BCUT2D eigenvalue weighted by Gasteiger charge is -2.28. The molecule has 0 saturated carbocycles. The summed E-state index contributed by atoms with van der Waals surface area (Å²) in [7, 11) is 0. The van der Waals surface area contributed by atoms with Crippen LogP contribution in [-0.4, -0.2) is 31.5 Å². The Labute approximate surface area is 82.8 Å². The van der Waals surface area contributed by atoms with Crippen molar-refractivity contribution in [2.75, 3.05) is 31.2 Å². The number of nitrogens with zero attached hydrogens (tertiary/aromatic N) is 2. The van der Waals surface area contributed by atoms with E-state index in [0.717, 1.165) is 43.4 Å². The number of aromatic nitrogens is 1. The van der Waals surface area contributed by atoms with E-state index in [1.807, 2.05) is 6.92 Å². The van der Waals surface area contributed by atoms with Crippen LogP contribution in [0.1, 0.15) is 11.5 Å².